The molecule has 1 aliphatic rings. The van der Waals surface area contributed by atoms with Gasteiger partial charge in [0.1, 0.15) is 5.82 Å². The fourth-order valence-corrected chi connectivity index (χ4v) is 3.30. The summed E-state index contributed by atoms with van der Waals surface area (Å²) in [5, 5.41) is 5.07. The number of aryl methyl sites for hydroxylation is 1. The number of aromatic nitrogens is 1. The molecule has 4 nitrogen and oxygen atoms in total. The number of pyridine rings is 1. The number of piperidine rings is 1. The quantitative estimate of drug-likeness (QED) is 0.948. The molecule has 1 N–H and O–H groups in total. The molecule has 1 unspecified atom stereocenters. The summed E-state index contributed by atoms with van der Waals surface area (Å²) in [6.07, 6.45) is 2.10. The van der Waals surface area contributed by atoms with Crippen molar-refractivity contribution in [3.8, 4) is 0 Å². The maximum atomic E-state index is 12.1. The van der Waals surface area contributed by atoms with E-state index in [9.17, 15) is 4.79 Å². The molecule has 2 aromatic heterocycles. The topological polar surface area (TPSA) is 45.2 Å². The number of nitrogens with one attached hydrogen (secondary N) is 1. The van der Waals surface area contributed by atoms with Crippen LogP contribution in [0.5, 0.6) is 0 Å². The summed E-state index contributed by atoms with van der Waals surface area (Å²) >= 11 is 1.48. The predicted octanol–water partition coefficient (Wildman–Crippen LogP) is 2.85. The van der Waals surface area contributed by atoms with E-state index in [2.05, 4.69) is 15.2 Å². The second-order valence-electron chi connectivity index (χ2n) is 5.37. The van der Waals surface area contributed by atoms with Crippen molar-refractivity contribution in [1.82, 2.24) is 10.3 Å². The molecule has 0 radical (unpaired) electrons. The van der Waals surface area contributed by atoms with Gasteiger partial charge in [0.2, 0.25) is 0 Å². The number of carbonyl (C=O) groups is 1. The molecule has 1 saturated heterocycles. The Morgan fingerprint density at radius 1 is 1.38 bits per heavy atom. The molecule has 2 aromatic rings. The van der Waals surface area contributed by atoms with Gasteiger partial charge in [-0.15, -0.1) is 11.3 Å². The van der Waals surface area contributed by atoms with Crippen molar-refractivity contribution >= 4 is 23.1 Å². The third-order valence-electron chi connectivity index (χ3n) is 3.70. The van der Waals surface area contributed by atoms with Gasteiger partial charge in [0.25, 0.3) is 5.91 Å². The molecule has 0 saturated carbocycles. The van der Waals surface area contributed by atoms with Gasteiger partial charge in [0.15, 0.2) is 0 Å². The molecule has 0 bridgehead atoms. The third kappa shape index (κ3) is 3.42. The van der Waals surface area contributed by atoms with Gasteiger partial charge in [-0.25, -0.2) is 4.98 Å². The fraction of sp³-hybridized carbons (Fsp3) is 0.375. The van der Waals surface area contributed by atoms with Crippen LogP contribution in [0.1, 0.15) is 28.2 Å². The molecular formula is C16H19N3OS. The molecule has 1 amide bonds. The van der Waals surface area contributed by atoms with Crippen LogP contribution in [0, 0.1) is 6.92 Å². The van der Waals surface area contributed by atoms with E-state index in [0.29, 0.717) is 0 Å². The van der Waals surface area contributed by atoms with Crippen LogP contribution in [0.2, 0.25) is 0 Å². The van der Waals surface area contributed by atoms with E-state index in [1.165, 1.54) is 11.3 Å². The number of hydrogen-bond donors (Lipinski definition) is 1. The average Bonchev–Trinajstić information content (AvgIpc) is 3.02. The van der Waals surface area contributed by atoms with Crippen LogP contribution >= 0.6 is 11.3 Å². The number of carbonyl (C=O) groups excluding carboxylic acids is 1. The van der Waals surface area contributed by atoms with Crippen LogP contribution in [-0.4, -0.2) is 30.0 Å². The van der Waals surface area contributed by atoms with Crippen molar-refractivity contribution in [3.63, 3.8) is 0 Å². The molecule has 3 heterocycles. The van der Waals surface area contributed by atoms with Gasteiger partial charge in [-0.2, -0.15) is 0 Å². The monoisotopic (exact) mass is 301 g/mol. The summed E-state index contributed by atoms with van der Waals surface area (Å²) < 4.78 is 0. The average molecular weight is 301 g/mol. The lowest BCUT2D eigenvalue weighted by atomic mass is 10.1. The smallest absolute Gasteiger partial charge is 0.261 e. The molecule has 3 rings (SSSR count). The van der Waals surface area contributed by atoms with Gasteiger partial charge in [0.05, 0.1) is 4.88 Å². The minimum absolute atomic E-state index is 0.0362. The Hall–Kier alpha value is -1.88. The number of thiophene rings is 1. The summed E-state index contributed by atoms with van der Waals surface area (Å²) in [6, 6.07) is 10.0. The van der Waals surface area contributed by atoms with Gasteiger partial charge in [-0.1, -0.05) is 12.1 Å². The molecule has 0 spiro atoms. The third-order valence-corrected chi connectivity index (χ3v) is 4.57. The van der Waals surface area contributed by atoms with E-state index in [1.807, 2.05) is 42.6 Å². The number of nitrogens with zero attached hydrogens (tertiary/aromatic N) is 2. The van der Waals surface area contributed by atoms with Gasteiger partial charge in [-0.05, 0) is 43.3 Å². The number of hydrogen-bond acceptors (Lipinski definition) is 4. The Kier molecular flexibility index (Phi) is 4.20. The summed E-state index contributed by atoms with van der Waals surface area (Å²) in [5.74, 6) is 1.04. The SMILES string of the molecule is Cc1cccc(N2CCCC(NC(=O)c3cccs3)C2)n1. The van der Waals surface area contributed by atoms with Crippen molar-refractivity contribution in [3.05, 3.63) is 46.3 Å². The number of amides is 1. The summed E-state index contributed by atoms with van der Waals surface area (Å²) in [6.45, 7) is 3.83. The maximum absolute atomic E-state index is 12.1. The van der Waals surface area contributed by atoms with Crippen molar-refractivity contribution in [2.24, 2.45) is 0 Å². The van der Waals surface area contributed by atoms with Crippen LogP contribution in [0.3, 0.4) is 0 Å². The van der Waals surface area contributed by atoms with E-state index in [4.69, 9.17) is 0 Å². The minimum atomic E-state index is 0.0362. The van der Waals surface area contributed by atoms with Gasteiger partial charge >= 0.3 is 0 Å². The zero-order chi connectivity index (χ0) is 14.7. The first-order valence-electron chi connectivity index (χ1n) is 7.25. The minimum Gasteiger partial charge on any atom is -0.355 e. The lowest BCUT2D eigenvalue weighted by Gasteiger charge is -2.34. The Bertz CT molecular complexity index is 612. The Morgan fingerprint density at radius 3 is 3.05 bits per heavy atom. The van der Waals surface area contributed by atoms with Crippen molar-refractivity contribution in [2.45, 2.75) is 25.8 Å². The van der Waals surface area contributed by atoms with E-state index in [1.54, 1.807) is 0 Å². The van der Waals surface area contributed by atoms with Gasteiger partial charge in [0, 0.05) is 24.8 Å². The molecule has 1 atom stereocenters. The van der Waals surface area contributed by atoms with Crippen LogP contribution in [-0.2, 0) is 0 Å². The van der Waals surface area contributed by atoms with Gasteiger partial charge < -0.3 is 10.2 Å². The first kappa shape index (κ1) is 14.1. The largest absolute Gasteiger partial charge is 0.355 e. The lowest BCUT2D eigenvalue weighted by molar-refractivity contribution is 0.0937. The van der Waals surface area contributed by atoms with E-state index < -0.39 is 0 Å². The van der Waals surface area contributed by atoms with Gasteiger partial charge in [-0.3, -0.25) is 4.79 Å². The summed E-state index contributed by atoms with van der Waals surface area (Å²) in [5.41, 5.74) is 1.03. The van der Waals surface area contributed by atoms with Crippen LogP contribution < -0.4 is 10.2 Å². The second kappa shape index (κ2) is 6.26. The molecule has 1 aliphatic heterocycles. The Labute approximate surface area is 128 Å². The molecule has 5 heteroatoms. The molecule has 110 valence electrons. The highest BCUT2D eigenvalue weighted by molar-refractivity contribution is 7.12. The first-order valence-corrected chi connectivity index (χ1v) is 8.13. The zero-order valence-electron chi connectivity index (χ0n) is 12.1. The number of anilines is 1. The maximum Gasteiger partial charge on any atom is 0.261 e. The summed E-state index contributed by atoms with van der Waals surface area (Å²) in [7, 11) is 0. The Morgan fingerprint density at radius 2 is 2.29 bits per heavy atom. The van der Waals surface area contributed by atoms with E-state index >= 15 is 0 Å². The van der Waals surface area contributed by atoms with Crippen LogP contribution in [0.15, 0.2) is 35.7 Å². The van der Waals surface area contributed by atoms with E-state index in [-0.39, 0.29) is 11.9 Å². The fourth-order valence-electron chi connectivity index (χ4n) is 2.67. The number of rotatable bonds is 3. The highest BCUT2D eigenvalue weighted by Crippen LogP contribution is 2.19. The van der Waals surface area contributed by atoms with E-state index in [0.717, 1.165) is 42.3 Å². The highest BCUT2D eigenvalue weighted by atomic mass is 32.1. The Balaban J connectivity index is 1.64. The molecule has 0 aromatic carbocycles. The van der Waals surface area contributed by atoms with Crippen LogP contribution in [0.4, 0.5) is 5.82 Å². The summed E-state index contributed by atoms with van der Waals surface area (Å²) in [4.78, 5) is 19.8. The van der Waals surface area contributed by atoms with Crippen molar-refractivity contribution < 1.29 is 4.79 Å². The first-order chi connectivity index (χ1) is 10.2. The van der Waals surface area contributed by atoms with Crippen molar-refractivity contribution in [2.75, 3.05) is 18.0 Å². The van der Waals surface area contributed by atoms with Crippen LogP contribution in [0.25, 0.3) is 0 Å². The molecular weight excluding hydrogens is 282 g/mol. The normalized spacial score (nSPS) is 18.5. The zero-order valence-corrected chi connectivity index (χ0v) is 12.9. The predicted molar refractivity (Wildman–Crippen MR) is 86.0 cm³/mol. The van der Waals surface area contributed by atoms with Crippen molar-refractivity contribution in [1.29, 1.82) is 0 Å². The highest BCUT2D eigenvalue weighted by Gasteiger charge is 2.23. The second-order valence-corrected chi connectivity index (χ2v) is 6.32. The lowest BCUT2D eigenvalue weighted by Crippen LogP contribution is -2.48. The molecule has 0 aliphatic carbocycles. The molecule has 1 fully saturated rings. The molecule has 21 heavy (non-hydrogen) atoms. The standard InChI is InChI=1S/C16H19N3OS/c1-12-5-2-8-15(17-12)19-9-3-6-13(11-19)18-16(20)14-7-4-10-21-14/h2,4-5,7-8,10,13H,3,6,9,11H2,1H3,(H,18,20).